The molecular formula is C24H25NO2Si. The molecule has 0 fully saturated rings. The molecule has 0 aliphatic heterocycles. The van der Waals surface area contributed by atoms with Crippen LogP contribution in [0.5, 0.6) is 0 Å². The van der Waals surface area contributed by atoms with E-state index in [4.69, 9.17) is 4.43 Å². The van der Waals surface area contributed by atoms with E-state index in [0.29, 0.717) is 12.3 Å². The number of carbonyl (C=O) groups excluding carboxylic acids is 1. The van der Waals surface area contributed by atoms with Crippen LogP contribution in [0.4, 0.5) is 5.69 Å². The van der Waals surface area contributed by atoms with E-state index in [-0.39, 0.29) is 5.04 Å². The molecule has 0 N–H and O–H groups in total. The summed E-state index contributed by atoms with van der Waals surface area (Å²) in [6, 6.07) is 28.7. The van der Waals surface area contributed by atoms with Gasteiger partial charge in [-0.3, -0.25) is 0 Å². The second-order valence-corrected chi connectivity index (χ2v) is 12.1. The average molecular weight is 388 g/mol. The number of rotatable bonds is 6. The molecule has 28 heavy (non-hydrogen) atoms. The third-order valence-corrected chi connectivity index (χ3v) is 9.94. The number of aliphatic imine (C=N–C) groups is 1. The predicted octanol–water partition coefficient (Wildman–Crippen LogP) is 4.73. The highest BCUT2D eigenvalue weighted by atomic mass is 28.4. The second kappa shape index (κ2) is 8.49. The summed E-state index contributed by atoms with van der Waals surface area (Å²) in [6.07, 6.45) is 1.60. The molecule has 4 heteroatoms. The molecule has 0 radical (unpaired) electrons. The van der Waals surface area contributed by atoms with Crippen LogP contribution in [0.3, 0.4) is 0 Å². The average Bonchev–Trinajstić information content (AvgIpc) is 2.70. The summed E-state index contributed by atoms with van der Waals surface area (Å²) in [6.45, 7) is 7.22. The summed E-state index contributed by atoms with van der Waals surface area (Å²) in [7, 11) is -2.58. The summed E-state index contributed by atoms with van der Waals surface area (Å²) in [5.41, 5.74) is 1.59. The summed E-state index contributed by atoms with van der Waals surface area (Å²) >= 11 is 0. The van der Waals surface area contributed by atoms with Gasteiger partial charge in [-0.15, -0.1) is 0 Å². The van der Waals surface area contributed by atoms with Gasteiger partial charge >= 0.3 is 0 Å². The fourth-order valence-electron chi connectivity index (χ4n) is 3.72. The summed E-state index contributed by atoms with van der Waals surface area (Å²) in [5, 5.41) is 2.42. The lowest BCUT2D eigenvalue weighted by Gasteiger charge is -2.43. The van der Waals surface area contributed by atoms with Crippen molar-refractivity contribution in [2.45, 2.75) is 32.4 Å². The van der Waals surface area contributed by atoms with Crippen LogP contribution in [0.15, 0.2) is 89.9 Å². The van der Waals surface area contributed by atoms with Gasteiger partial charge in [0, 0.05) is 0 Å². The number of hydrogen-bond donors (Lipinski definition) is 0. The first kappa shape index (κ1) is 20.0. The van der Waals surface area contributed by atoms with Crippen LogP contribution >= 0.6 is 0 Å². The largest absolute Gasteiger partial charge is 0.403 e. The van der Waals surface area contributed by atoms with Crippen molar-refractivity contribution >= 4 is 30.5 Å². The quantitative estimate of drug-likeness (QED) is 0.348. The zero-order valence-corrected chi connectivity index (χ0v) is 17.6. The zero-order chi connectivity index (χ0) is 20.0. The highest BCUT2D eigenvalue weighted by molar-refractivity contribution is 6.99. The van der Waals surface area contributed by atoms with Crippen molar-refractivity contribution in [1.29, 1.82) is 0 Å². The topological polar surface area (TPSA) is 38.7 Å². The maximum Gasteiger partial charge on any atom is 0.261 e. The van der Waals surface area contributed by atoms with Gasteiger partial charge < -0.3 is 4.43 Å². The number of isocyanates is 1. The maximum absolute atomic E-state index is 10.6. The zero-order valence-electron chi connectivity index (χ0n) is 16.6. The summed E-state index contributed by atoms with van der Waals surface area (Å²) < 4.78 is 6.88. The fourth-order valence-corrected chi connectivity index (χ4v) is 8.26. The Morgan fingerprint density at radius 3 is 1.93 bits per heavy atom. The van der Waals surface area contributed by atoms with Crippen molar-refractivity contribution in [1.82, 2.24) is 0 Å². The molecule has 0 aliphatic carbocycles. The lowest BCUT2D eigenvalue weighted by molar-refractivity contribution is 0.286. The van der Waals surface area contributed by atoms with Gasteiger partial charge in [0.2, 0.25) is 6.08 Å². The molecule has 142 valence electrons. The van der Waals surface area contributed by atoms with Gasteiger partial charge in [-0.1, -0.05) is 93.6 Å². The fraction of sp³-hybridized carbons (Fsp3) is 0.208. The molecule has 0 bridgehead atoms. The summed E-state index contributed by atoms with van der Waals surface area (Å²) in [5.74, 6) is 0. The van der Waals surface area contributed by atoms with Gasteiger partial charge in [0.15, 0.2) is 0 Å². The molecule has 0 spiro atoms. The Balaban J connectivity index is 2.08. The van der Waals surface area contributed by atoms with E-state index in [9.17, 15) is 4.79 Å². The first-order valence-corrected chi connectivity index (χ1v) is 11.3. The van der Waals surface area contributed by atoms with E-state index >= 15 is 0 Å². The van der Waals surface area contributed by atoms with Crippen molar-refractivity contribution in [3.05, 3.63) is 90.5 Å². The van der Waals surface area contributed by atoms with Crippen LogP contribution in [-0.4, -0.2) is 14.4 Å². The van der Waals surface area contributed by atoms with Gasteiger partial charge in [-0.2, -0.15) is 4.99 Å². The van der Waals surface area contributed by atoms with Crippen LogP contribution in [0.25, 0.3) is 0 Å². The normalized spacial score (nSPS) is 11.7. The van der Waals surface area contributed by atoms with E-state index in [1.807, 2.05) is 30.3 Å². The lowest BCUT2D eigenvalue weighted by atomic mass is 10.2. The highest BCUT2D eigenvalue weighted by Crippen LogP contribution is 2.37. The number of benzene rings is 3. The molecule has 0 saturated carbocycles. The highest BCUT2D eigenvalue weighted by Gasteiger charge is 2.50. The van der Waals surface area contributed by atoms with Crippen molar-refractivity contribution < 1.29 is 9.22 Å². The van der Waals surface area contributed by atoms with Crippen molar-refractivity contribution in [2.24, 2.45) is 4.99 Å². The van der Waals surface area contributed by atoms with Crippen LogP contribution in [0.1, 0.15) is 26.3 Å². The van der Waals surface area contributed by atoms with Crippen molar-refractivity contribution in [3.8, 4) is 0 Å². The second-order valence-electron chi connectivity index (χ2n) is 7.82. The molecule has 0 aliphatic rings. The SMILES string of the molecule is CC(C)(C)[Si](OCc1cccc(N=C=O)c1)(c1ccccc1)c1ccccc1. The molecule has 0 aromatic heterocycles. The third-order valence-electron chi connectivity index (χ3n) is 4.96. The molecule has 3 aromatic carbocycles. The first-order chi connectivity index (χ1) is 13.5. The van der Waals surface area contributed by atoms with E-state index in [2.05, 4.69) is 74.3 Å². The Morgan fingerprint density at radius 1 is 0.857 bits per heavy atom. The molecular weight excluding hydrogens is 362 g/mol. The molecule has 0 heterocycles. The molecule has 3 aromatic rings. The van der Waals surface area contributed by atoms with Gasteiger partial charge in [-0.05, 0) is 33.1 Å². The molecule has 0 saturated heterocycles. The van der Waals surface area contributed by atoms with Gasteiger partial charge in [-0.25, -0.2) is 4.79 Å². The van der Waals surface area contributed by atoms with Crippen molar-refractivity contribution in [2.75, 3.05) is 0 Å². The maximum atomic E-state index is 10.6. The first-order valence-electron chi connectivity index (χ1n) is 9.39. The summed E-state index contributed by atoms with van der Waals surface area (Å²) in [4.78, 5) is 14.3. The number of nitrogens with zero attached hydrogens (tertiary/aromatic N) is 1. The van der Waals surface area contributed by atoms with Gasteiger partial charge in [0.1, 0.15) is 0 Å². The lowest BCUT2D eigenvalue weighted by Crippen LogP contribution is -2.66. The Kier molecular flexibility index (Phi) is 6.05. The van der Waals surface area contributed by atoms with Gasteiger partial charge in [0.05, 0.1) is 12.3 Å². The van der Waals surface area contributed by atoms with Crippen LogP contribution < -0.4 is 10.4 Å². The van der Waals surface area contributed by atoms with E-state index < -0.39 is 8.32 Å². The van der Waals surface area contributed by atoms with Crippen molar-refractivity contribution in [3.63, 3.8) is 0 Å². The van der Waals surface area contributed by atoms with Gasteiger partial charge in [0.25, 0.3) is 8.32 Å². The molecule has 3 nitrogen and oxygen atoms in total. The monoisotopic (exact) mass is 387 g/mol. The van der Waals surface area contributed by atoms with E-state index in [1.54, 1.807) is 12.1 Å². The van der Waals surface area contributed by atoms with E-state index in [1.165, 1.54) is 10.4 Å². The smallest absolute Gasteiger partial charge is 0.261 e. The Labute approximate surface area is 167 Å². The Bertz CT molecular complexity index is 919. The molecule has 0 atom stereocenters. The Morgan fingerprint density at radius 2 is 1.43 bits per heavy atom. The minimum Gasteiger partial charge on any atom is -0.403 e. The standard InChI is InChI=1S/C24H25NO2Si/c1-24(2,3)28(22-13-6-4-7-14-22,23-15-8-5-9-16-23)27-18-20-11-10-12-21(17-20)25-19-26/h4-17H,18H2,1-3H3. The third kappa shape index (κ3) is 4.05. The van der Waals surface area contributed by atoms with Crippen LogP contribution in [0, 0.1) is 0 Å². The van der Waals surface area contributed by atoms with Crippen LogP contribution in [0.2, 0.25) is 5.04 Å². The number of hydrogen-bond acceptors (Lipinski definition) is 3. The van der Waals surface area contributed by atoms with Crippen LogP contribution in [-0.2, 0) is 15.8 Å². The Hall–Kier alpha value is -2.78. The molecule has 0 amide bonds. The minimum absolute atomic E-state index is 0.0751. The molecule has 0 unspecified atom stereocenters. The predicted molar refractivity (Wildman–Crippen MR) is 117 cm³/mol. The van der Waals surface area contributed by atoms with E-state index in [0.717, 1.165) is 5.56 Å². The minimum atomic E-state index is -2.58. The molecule has 3 rings (SSSR count).